The summed E-state index contributed by atoms with van der Waals surface area (Å²) in [5.74, 6) is -0.234. The number of nitrogens with one attached hydrogen (secondary N) is 1. The van der Waals surface area contributed by atoms with Crippen molar-refractivity contribution < 1.29 is 4.39 Å². The van der Waals surface area contributed by atoms with Crippen molar-refractivity contribution in [3.8, 4) is 0 Å². The van der Waals surface area contributed by atoms with Crippen molar-refractivity contribution in [3.05, 3.63) is 34.6 Å². The van der Waals surface area contributed by atoms with Crippen molar-refractivity contribution in [3.63, 3.8) is 0 Å². The fraction of sp³-hybridized carbons (Fsp3) is 0.500. The Labute approximate surface area is 101 Å². The maximum atomic E-state index is 13.3. The summed E-state index contributed by atoms with van der Waals surface area (Å²) in [7, 11) is 0. The second-order valence-corrected chi connectivity index (χ2v) is 5.14. The van der Waals surface area contributed by atoms with E-state index in [2.05, 4.69) is 19.2 Å². The van der Waals surface area contributed by atoms with Gasteiger partial charge in [-0.3, -0.25) is 0 Å². The first-order valence-electron chi connectivity index (χ1n) is 5.29. The van der Waals surface area contributed by atoms with Gasteiger partial charge >= 0.3 is 0 Å². The van der Waals surface area contributed by atoms with Gasteiger partial charge in [-0.1, -0.05) is 25.4 Å². The second kappa shape index (κ2) is 5.62. The van der Waals surface area contributed by atoms with E-state index in [1.165, 1.54) is 6.07 Å². The molecule has 0 saturated carbocycles. The van der Waals surface area contributed by atoms with Gasteiger partial charge < -0.3 is 11.1 Å². The average molecular weight is 245 g/mol. The van der Waals surface area contributed by atoms with Crippen LogP contribution in [0, 0.1) is 11.2 Å². The fourth-order valence-electron chi connectivity index (χ4n) is 1.29. The first-order valence-corrected chi connectivity index (χ1v) is 5.67. The van der Waals surface area contributed by atoms with Gasteiger partial charge in [-0.05, 0) is 30.2 Å². The van der Waals surface area contributed by atoms with Crippen molar-refractivity contribution in [1.82, 2.24) is 5.32 Å². The molecular weight excluding hydrogens is 227 g/mol. The Hall–Kier alpha value is -0.640. The lowest BCUT2D eigenvalue weighted by Gasteiger charge is -2.22. The highest BCUT2D eigenvalue weighted by Crippen LogP contribution is 2.15. The second-order valence-electron chi connectivity index (χ2n) is 4.71. The molecule has 2 nitrogen and oxygen atoms in total. The maximum Gasteiger partial charge on any atom is 0.127 e. The smallest absolute Gasteiger partial charge is 0.127 e. The van der Waals surface area contributed by atoms with Crippen LogP contribution in [-0.4, -0.2) is 13.1 Å². The Morgan fingerprint density at radius 3 is 2.75 bits per heavy atom. The van der Waals surface area contributed by atoms with E-state index in [-0.39, 0.29) is 11.2 Å². The van der Waals surface area contributed by atoms with Crippen LogP contribution in [0.5, 0.6) is 0 Å². The lowest BCUT2D eigenvalue weighted by atomic mass is 9.94. The first kappa shape index (κ1) is 13.4. The van der Waals surface area contributed by atoms with Gasteiger partial charge in [-0.2, -0.15) is 0 Å². The molecule has 0 aliphatic heterocycles. The number of rotatable bonds is 5. The highest BCUT2D eigenvalue weighted by molar-refractivity contribution is 6.30. The summed E-state index contributed by atoms with van der Waals surface area (Å²) in [6, 6.07) is 4.57. The van der Waals surface area contributed by atoms with Gasteiger partial charge in [0.2, 0.25) is 0 Å². The Morgan fingerprint density at radius 2 is 2.12 bits per heavy atom. The van der Waals surface area contributed by atoms with Gasteiger partial charge in [0.1, 0.15) is 5.82 Å². The van der Waals surface area contributed by atoms with Crippen LogP contribution in [0.2, 0.25) is 5.02 Å². The minimum atomic E-state index is -0.234. The zero-order valence-electron chi connectivity index (χ0n) is 9.69. The molecule has 0 bridgehead atoms. The lowest BCUT2D eigenvalue weighted by Crippen LogP contribution is -2.35. The van der Waals surface area contributed by atoms with Crippen LogP contribution in [0.1, 0.15) is 19.4 Å². The molecule has 1 rings (SSSR count). The summed E-state index contributed by atoms with van der Waals surface area (Å²) in [4.78, 5) is 0. The predicted molar refractivity (Wildman–Crippen MR) is 66.0 cm³/mol. The van der Waals surface area contributed by atoms with Gasteiger partial charge in [0, 0.05) is 23.7 Å². The molecule has 90 valence electrons. The summed E-state index contributed by atoms with van der Waals surface area (Å²) in [5, 5.41) is 3.73. The van der Waals surface area contributed by atoms with Crippen LogP contribution < -0.4 is 11.1 Å². The molecule has 4 heteroatoms. The molecule has 0 saturated heterocycles. The highest BCUT2D eigenvalue weighted by atomic mass is 35.5. The number of hydrogen-bond acceptors (Lipinski definition) is 2. The van der Waals surface area contributed by atoms with Crippen LogP contribution in [-0.2, 0) is 6.54 Å². The van der Waals surface area contributed by atoms with Crippen molar-refractivity contribution in [2.45, 2.75) is 20.4 Å². The standard InChI is InChI=1S/C12H18ClFN2/c1-12(2,7-15)8-16-6-9-5-10(13)3-4-11(9)14/h3-5,16H,6-8,15H2,1-2H3. The average Bonchev–Trinajstić information content (AvgIpc) is 2.23. The lowest BCUT2D eigenvalue weighted by molar-refractivity contribution is 0.350. The molecular formula is C12H18ClFN2. The Kier molecular flexibility index (Phi) is 4.71. The topological polar surface area (TPSA) is 38.0 Å². The third kappa shape index (κ3) is 4.08. The van der Waals surface area contributed by atoms with E-state index in [9.17, 15) is 4.39 Å². The van der Waals surface area contributed by atoms with Gasteiger partial charge in [-0.15, -0.1) is 0 Å². The summed E-state index contributed by atoms with van der Waals surface area (Å²) in [6.07, 6.45) is 0. The van der Waals surface area contributed by atoms with Crippen LogP contribution in [0.25, 0.3) is 0 Å². The summed E-state index contributed by atoms with van der Waals surface area (Å²) in [6.45, 7) is 5.94. The van der Waals surface area contributed by atoms with Crippen LogP contribution in [0.15, 0.2) is 18.2 Å². The Balaban J connectivity index is 2.52. The largest absolute Gasteiger partial charge is 0.330 e. The van der Waals surface area contributed by atoms with Gasteiger partial charge in [0.15, 0.2) is 0 Å². The van der Waals surface area contributed by atoms with E-state index < -0.39 is 0 Å². The van der Waals surface area contributed by atoms with E-state index in [1.807, 2.05) is 0 Å². The number of benzene rings is 1. The third-order valence-corrected chi connectivity index (χ3v) is 2.71. The minimum Gasteiger partial charge on any atom is -0.330 e. The molecule has 3 N–H and O–H groups in total. The van der Waals surface area contributed by atoms with Gasteiger partial charge in [-0.25, -0.2) is 4.39 Å². The Bertz CT molecular complexity index is 353. The van der Waals surface area contributed by atoms with Crippen LogP contribution >= 0.6 is 11.6 Å². The van der Waals surface area contributed by atoms with Crippen molar-refractivity contribution >= 4 is 11.6 Å². The van der Waals surface area contributed by atoms with E-state index in [0.29, 0.717) is 23.7 Å². The summed E-state index contributed by atoms with van der Waals surface area (Å²) < 4.78 is 13.3. The highest BCUT2D eigenvalue weighted by Gasteiger charge is 2.14. The van der Waals surface area contributed by atoms with Gasteiger partial charge in [0.05, 0.1) is 0 Å². The molecule has 0 radical (unpaired) electrons. The van der Waals surface area contributed by atoms with Gasteiger partial charge in [0.25, 0.3) is 0 Å². The SMILES string of the molecule is CC(C)(CN)CNCc1cc(Cl)ccc1F. The molecule has 0 spiro atoms. The van der Waals surface area contributed by atoms with Crippen molar-refractivity contribution in [2.75, 3.05) is 13.1 Å². The molecule has 0 unspecified atom stereocenters. The number of halogens is 2. The predicted octanol–water partition coefficient (Wildman–Crippen LogP) is 2.55. The molecule has 1 aromatic carbocycles. The monoisotopic (exact) mass is 244 g/mol. The van der Waals surface area contributed by atoms with Crippen LogP contribution in [0.3, 0.4) is 0 Å². The van der Waals surface area contributed by atoms with E-state index >= 15 is 0 Å². The first-order chi connectivity index (χ1) is 7.44. The molecule has 0 aliphatic carbocycles. The van der Waals surface area contributed by atoms with E-state index in [4.69, 9.17) is 17.3 Å². The molecule has 16 heavy (non-hydrogen) atoms. The van der Waals surface area contributed by atoms with E-state index in [0.717, 1.165) is 6.54 Å². The zero-order valence-corrected chi connectivity index (χ0v) is 10.4. The molecule has 0 aromatic heterocycles. The molecule has 0 aliphatic rings. The third-order valence-electron chi connectivity index (χ3n) is 2.48. The molecule has 0 heterocycles. The normalized spacial score (nSPS) is 11.8. The van der Waals surface area contributed by atoms with E-state index in [1.54, 1.807) is 12.1 Å². The maximum absolute atomic E-state index is 13.3. The quantitative estimate of drug-likeness (QED) is 0.836. The molecule has 0 atom stereocenters. The zero-order chi connectivity index (χ0) is 12.2. The summed E-state index contributed by atoms with van der Waals surface area (Å²) in [5.41, 5.74) is 6.21. The molecule has 1 aromatic rings. The van der Waals surface area contributed by atoms with Crippen molar-refractivity contribution in [2.24, 2.45) is 11.1 Å². The summed E-state index contributed by atoms with van der Waals surface area (Å²) >= 11 is 5.80. The number of nitrogens with two attached hydrogens (primary N) is 1. The van der Waals surface area contributed by atoms with Crippen LogP contribution in [0.4, 0.5) is 4.39 Å². The fourth-order valence-corrected chi connectivity index (χ4v) is 1.48. The number of hydrogen-bond donors (Lipinski definition) is 2. The molecule has 0 fully saturated rings. The Morgan fingerprint density at radius 1 is 1.44 bits per heavy atom. The minimum absolute atomic E-state index is 0.0229. The molecule has 0 amide bonds. The van der Waals surface area contributed by atoms with Crippen molar-refractivity contribution in [1.29, 1.82) is 0 Å².